The summed E-state index contributed by atoms with van der Waals surface area (Å²) in [5.74, 6) is 0. The molecule has 2 heteroatoms. The molecule has 0 spiro atoms. The fraction of sp³-hybridized carbons (Fsp3) is 0.647. The Balaban J connectivity index is 1.70. The topological polar surface area (TPSA) is 38.0 Å². The van der Waals surface area contributed by atoms with Crippen LogP contribution in [0.5, 0.6) is 0 Å². The Kier molecular flexibility index (Phi) is 5.71. The molecule has 2 rings (SSSR count). The third-order valence-electron chi connectivity index (χ3n) is 4.17. The normalized spacial score (nSPS) is 18.3. The number of unbranched alkanes of at least 4 members (excludes halogenated alkanes) is 4. The number of nitrogens with one attached hydrogen (secondary N) is 1. The fourth-order valence-electron chi connectivity index (χ4n) is 2.99. The van der Waals surface area contributed by atoms with Gasteiger partial charge in [0.15, 0.2) is 0 Å². The lowest BCUT2D eigenvalue weighted by Crippen LogP contribution is -2.35. The van der Waals surface area contributed by atoms with Crippen LogP contribution in [0, 0.1) is 0 Å². The van der Waals surface area contributed by atoms with Crippen molar-refractivity contribution in [2.24, 2.45) is 0 Å². The number of anilines is 1. The summed E-state index contributed by atoms with van der Waals surface area (Å²) in [5, 5.41) is 3.72. The van der Waals surface area contributed by atoms with E-state index in [4.69, 9.17) is 5.73 Å². The summed E-state index contributed by atoms with van der Waals surface area (Å²) in [6, 6.07) is 7.04. The van der Waals surface area contributed by atoms with E-state index in [2.05, 4.69) is 24.4 Å². The number of fused-ring (bicyclic) bond motifs is 1. The zero-order valence-corrected chi connectivity index (χ0v) is 12.3. The van der Waals surface area contributed by atoms with Crippen molar-refractivity contribution in [1.82, 2.24) is 5.32 Å². The Morgan fingerprint density at radius 2 is 2.00 bits per heavy atom. The van der Waals surface area contributed by atoms with E-state index in [1.54, 1.807) is 0 Å². The molecule has 0 heterocycles. The first-order valence-electron chi connectivity index (χ1n) is 7.90. The number of nitrogen functional groups attached to an aromatic ring is 1. The minimum atomic E-state index is 0.653. The molecule has 1 unspecified atom stereocenters. The van der Waals surface area contributed by atoms with Crippen LogP contribution in [0.3, 0.4) is 0 Å². The second-order valence-corrected chi connectivity index (χ2v) is 5.84. The molecule has 0 saturated heterocycles. The molecule has 0 radical (unpaired) electrons. The van der Waals surface area contributed by atoms with Gasteiger partial charge in [-0.25, -0.2) is 0 Å². The Bertz CT molecular complexity index is 387. The standard InChI is InChI=1S/C17H28N2/c1-2-3-4-5-6-11-19-17-10-8-14-7-9-16(18)12-15(14)13-17/h7,9,12,17,19H,2-6,8,10-11,13,18H2,1H3. The van der Waals surface area contributed by atoms with Gasteiger partial charge in [-0.2, -0.15) is 0 Å². The van der Waals surface area contributed by atoms with Crippen LogP contribution in [-0.2, 0) is 12.8 Å². The third kappa shape index (κ3) is 4.54. The first kappa shape index (κ1) is 14.4. The smallest absolute Gasteiger partial charge is 0.0316 e. The largest absolute Gasteiger partial charge is 0.399 e. The highest BCUT2D eigenvalue weighted by Crippen LogP contribution is 2.23. The fourth-order valence-corrected chi connectivity index (χ4v) is 2.99. The van der Waals surface area contributed by atoms with Crippen LogP contribution in [0.1, 0.15) is 56.6 Å². The van der Waals surface area contributed by atoms with Crippen molar-refractivity contribution < 1.29 is 0 Å². The maximum atomic E-state index is 5.88. The zero-order valence-electron chi connectivity index (χ0n) is 12.3. The number of aryl methyl sites for hydroxylation is 1. The molecule has 106 valence electrons. The lowest BCUT2D eigenvalue weighted by molar-refractivity contribution is 0.447. The summed E-state index contributed by atoms with van der Waals surface area (Å²) < 4.78 is 0. The van der Waals surface area contributed by atoms with Crippen LogP contribution in [0.4, 0.5) is 5.69 Å². The first-order chi connectivity index (χ1) is 9.29. The summed E-state index contributed by atoms with van der Waals surface area (Å²) >= 11 is 0. The molecule has 0 amide bonds. The van der Waals surface area contributed by atoms with E-state index < -0.39 is 0 Å². The molecule has 1 atom stereocenters. The van der Waals surface area contributed by atoms with Crippen LogP contribution in [0.15, 0.2) is 18.2 Å². The van der Waals surface area contributed by atoms with Crippen molar-refractivity contribution >= 4 is 5.69 Å². The predicted molar refractivity (Wildman–Crippen MR) is 83.4 cm³/mol. The quantitative estimate of drug-likeness (QED) is 0.579. The Hall–Kier alpha value is -1.02. The highest BCUT2D eigenvalue weighted by Gasteiger charge is 2.17. The number of rotatable bonds is 7. The second-order valence-electron chi connectivity index (χ2n) is 5.84. The number of hydrogen-bond acceptors (Lipinski definition) is 2. The van der Waals surface area contributed by atoms with Gasteiger partial charge in [0, 0.05) is 11.7 Å². The van der Waals surface area contributed by atoms with Crippen molar-refractivity contribution in [3.8, 4) is 0 Å². The van der Waals surface area contributed by atoms with Gasteiger partial charge in [-0.3, -0.25) is 0 Å². The lowest BCUT2D eigenvalue weighted by Gasteiger charge is -2.26. The molecule has 0 saturated carbocycles. The highest BCUT2D eigenvalue weighted by atomic mass is 14.9. The van der Waals surface area contributed by atoms with E-state index in [-0.39, 0.29) is 0 Å². The van der Waals surface area contributed by atoms with Gasteiger partial charge in [0.2, 0.25) is 0 Å². The van der Waals surface area contributed by atoms with Crippen molar-refractivity contribution in [2.75, 3.05) is 12.3 Å². The summed E-state index contributed by atoms with van der Waals surface area (Å²) in [6.45, 7) is 3.44. The summed E-state index contributed by atoms with van der Waals surface area (Å²) in [5.41, 5.74) is 9.73. The van der Waals surface area contributed by atoms with Crippen molar-refractivity contribution in [2.45, 2.75) is 64.3 Å². The Morgan fingerprint density at radius 3 is 2.84 bits per heavy atom. The first-order valence-corrected chi connectivity index (χ1v) is 7.90. The van der Waals surface area contributed by atoms with E-state index in [1.165, 1.54) is 62.6 Å². The SMILES string of the molecule is CCCCCCCNC1CCc2ccc(N)cc2C1. The summed E-state index contributed by atoms with van der Waals surface area (Å²) in [4.78, 5) is 0. The van der Waals surface area contributed by atoms with Gasteiger partial charge in [-0.15, -0.1) is 0 Å². The molecular formula is C17H28N2. The molecule has 19 heavy (non-hydrogen) atoms. The van der Waals surface area contributed by atoms with Gasteiger partial charge in [0.25, 0.3) is 0 Å². The van der Waals surface area contributed by atoms with Crippen LogP contribution >= 0.6 is 0 Å². The van der Waals surface area contributed by atoms with E-state index in [0.29, 0.717) is 6.04 Å². The molecule has 1 aliphatic rings. The van der Waals surface area contributed by atoms with Gasteiger partial charge >= 0.3 is 0 Å². The van der Waals surface area contributed by atoms with E-state index in [9.17, 15) is 0 Å². The summed E-state index contributed by atoms with van der Waals surface area (Å²) in [7, 11) is 0. The maximum absolute atomic E-state index is 5.88. The highest BCUT2D eigenvalue weighted by molar-refractivity contribution is 5.46. The monoisotopic (exact) mass is 260 g/mol. The molecule has 1 aromatic rings. The molecular weight excluding hydrogens is 232 g/mol. The van der Waals surface area contributed by atoms with Gasteiger partial charge in [0.05, 0.1) is 0 Å². The van der Waals surface area contributed by atoms with Crippen LogP contribution in [0.25, 0.3) is 0 Å². The number of nitrogens with two attached hydrogens (primary N) is 1. The molecule has 2 nitrogen and oxygen atoms in total. The lowest BCUT2D eigenvalue weighted by atomic mass is 9.88. The minimum absolute atomic E-state index is 0.653. The van der Waals surface area contributed by atoms with Gasteiger partial charge < -0.3 is 11.1 Å². The molecule has 0 aromatic heterocycles. The number of hydrogen-bond donors (Lipinski definition) is 2. The van der Waals surface area contributed by atoms with Crippen LogP contribution in [-0.4, -0.2) is 12.6 Å². The zero-order chi connectivity index (χ0) is 13.5. The average molecular weight is 260 g/mol. The van der Waals surface area contributed by atoms with E-state index >= 15 is 0 Å². The number of benzene rings is 1. The summed E-state index contributed by atoms with van der Waals surface area (Å²) in [6.07, 6.45) is 10.4. The molecule has 0 bridgehead atoms. The van der Waals surface area contributed by atoms with Crippen molar-refractivity contribution in [3.05, 3.63) is 29.3 Å². The maximum Gasteiger partial charge on any atom is 0.0316 e. The second kappa shape index (κ2) is 7.54. The predicted octanol–water partition coefficient (Wildman–Crippen LogP) is 3.69. The molecule has 1 aliphatic carbocycles. The molecule has 3 N–H and O–H groups in total. The Morgan fingerprint density at radius 1 is 1.16 bits per heavy atom. The van der Waals surface area contributed by atoms with E-state index in [1.807, 2.05) is 6.07 Å². The molecule has 0 aliphatic heterocycles. The average Bonchev–Trinajstić information content (AvgIpc) is 2.42. The molecule has 1 aromatic carbocycles. The van der Waals surface area contributed by atoms with Crippen LogP contribution in [0.2, 0.25) is 0 Å². The van der Waals surface area contributed by atoms with Gasteiger partial charge in [0.1, 0.15) is 0 Å². The van der Waals surface area contributed by atoms with Crippen molar-refractivity contribution in [3.63, 3.8) is 0 Å². The van der Waals surface area contributed by atoms with Gasteiger partial charge in [-0.1, -0.05) is 38.7 Å². The van der Waals surface area contributed by atoms with Gasteiger partial charge in [-0.05, 0) is 55.5 Å². The molecule has 0 fully saturated rings. The minimum Gasteiger partial charge on any atom is -0.399 e. The van der Waals surface area contributed by atoms with E-state index in [0.717, 1.165) is 12.1 Å². The van der Waals surface area contributed by atoms with Crippen LogP contribution < -0.4 is 11.1 Å². The third-order valence-corrected chi connectivity index (χ3v) is 4.17. The van der Waals surface area contributed by atoms with Crippen molar-refractivity contribution in [1.29, 1.82) is 0 Å². The Labute approximate surface area is 117 Å².